The van der Waals surface area contributed by atoms with Gasteiger partial charge in [0.25, 0.3) is 5.91 Å². The second-order valence-corrected chi connectivity index (χ2v) is 6.77. The highest BCUT2D eigenvalue weighted by molar-refractivity contribution is 7.99. The Bertz CT molecular complexity index is 854. The Morgan fingerprint density at radius 1 is 1.26 bits per heavy atom. The number of rotatable bonds is 8. The molecule has 0 saturated carbocycles. The average molecular weight is 405 g/mol. The number of carbonyl (C=O) groups excluding carboxylic acids is 2. The molecule has 0 aliphatic carbocycles. The van der Waals surface area contributed by atoms with Crippen LogP contribution in [0.1, 0.15) is 6.92 Å². The number of amides is 1. The zero-order valence-corrected chi connectivity index (χ0v) is 16.0. The Labute approximate surface area is 166 Å². The molecule has 2 rings (SSSR count). The minimum absolute atomic E-state index is 0.264. The molecule has 0 heterocycles. The van der Waals surface area contributed by atoms with Crippen LogP contribution in [0.2, 0.25) is 5.02 Å². The second kappa shape index (κ2) is 10.5. The number of hydrogen-bond acceptors (Lipinski definition) is 6. The quantitative estimate of drug-likeness (QED) is 0.530. The normalized spacial score (nSPS) is 11.1. The summed E-state index contributed by atoms with van der Waals surface area (Å²) in [5.41, 5.74) is 0.557. The smallest absolute Gasteiger partial charge is 0.347 e. The Morgan fingerprint density at radius 2 is 2.04 bits per heavy atom. The Morgan fingerprint density at radius 3 is 2.78 bits per heavy atom. The molecule has 1 amide bonds. The molecule has 2 aromatic carbocycles. The first-order valence-corrected chi connectivity index (χ1v) is 9.33. The van der Waals surface area contributed by atoms with Crippen molar-refractivity contribution in [2.45, 2.75) is 17.9 Å². The van der Waals surface area contributed by atoms with Crippen LogP contribution in [0.5, 0.6) is 5.75 Å². The lowest BCUT2D eigenvalue weighted by Crippen LogP contribution is -2.29. The molecule has 27 heavy (non-hydrogen) atoms. The summed E-state index contributed by atoms with van der Waals surface area (Å²) in [5.74, 6) is -0.458. The molecular formula is C19H17ClN2O4S. The van der Waals surface area contributed by atoms with Gasteiger partial charge in [0, 0.05) is 9.92 Å². The number of anilines is 1. The van der Waals surface area contributed by atoms with Gasteiger partial charge >= 0.3 is 5.97 Å². The van der Waals surface area contributed by atoms with Crippen molar-refractivity contribution >= 4 is 40.9 Å². The zero-order valence-electron chi connectivity index (χ0n) is 14.5. The third-order valence-corrected chi connectivity index (χ3v) is 4.42. The fraction of sp³-hybridized carbons (Fsp3) is 0.211. The van der Waals surface area contributed by atoms with Crippen molar-refractivity contribution in [3.63, 3.8) is 0 Å². The van der Waals surface area contributed by atoms with Gasteiger partial charge in [-0.2, -0.15) is 5.26 Å². The van der Waals surface area contributed by atoms with Gasteiger partial charge in [-0.05, 0) is 37.3 Å². The van der Waals surface area contributed by atoms with Crippen LogP contribution < -0.4 is 10.1 Å². The van der Waals surface area contributed by atoms with E-state index in [0.717, 1.165) is 4.90 Å². The molecular weight excluding hydrogens is 388 g/mol. The van der Waals surface area contributed by atoms with Crippen molar-refractivity contribution in [3.8, 4) is 11.8 Å². The lowest BCUT2D eigenvalue weighted by Gasteiger charge is -2.14. The van der Waals surface area contributed by atoms with E-state index >= 15 is 0 Å². The van der Waals surface area contributed by atoms with Crippen molar-refractivity contribution in [2.24, 2.45) is 0 Å². The molecule has 0 bridgehead atoms. The monoisotopic (exact) mass is 404 g/mol. The summed E-state index contributed by atoms with van der Waals surface area (Å²) in [5, 5.41) is 11.8. The number of carbonyl (C=O) groups is 2. The summed E-state index contributed by atoms with van der Waals surface area (Å²) < 4.78 is 10.4. The van der Waals surface area contributed by atoms with E-state index in [0.29, 0.717) is 16.5 Å². The van der Waals surface area contributed by atoms with Crippen LogP contribution in [0, 0.1) is 11.3 Å². The Hall–Kier alpha value is -2.69. The van der Waals surface area contributed by atoms with Crippen LogP contribution in [0.15, 0.2) is 53.4 Å². The SMILES string of the molecule is CC(Oc1cccc(Cl)c1)C(=O)OCC(=O)Nc1ccccc1SCC#N. The first kappa shape index (κ1) is 20.6. The largest absolute Gasteiger partial charge is 0.479 e. The van der Waals surface area contributed by atoms with E-state index in [9.17, 15) is 9.59 Å². The van der Waals surface area contributed by atoms with Gasteiger partial charge in [-0.25, -0.2) is 4.79 Å². The molecule has 1 N–H and O–H groups in total. The number of thioether (sulfide) groups is 1. The van der Waals surface area contributed by atoms with E-state index < -0.39 is 24.6 Å². The van der Waals surface area contributed by atoms with E-state index in [1.807, 2.05) is 12.1 Å². The topological polar surface area (TPSA) is 88.4 Å². The molecule has 0 saturated heterocycles. The summed E-state index contributed by atoms with van der Waals surface area (Å²) in [6.45, 7) is 1.08. The Balaban J connectivity index is 1.84. The summed E-state index contributed by atoms with van der Waals surface area (Å²) in [6, 6.07) is 15.7. The fourth-order valence-electron chi connectivity index (χ4n) is 2.04. The average Bonchev–Trinajstić information content (AvgIpc) is 2.65. The van der Waals surface area contributed by atoms with Gasteiger partial charge in [0.15, 0.2) is 12.7 Å². The van der Waals surface area contributed by atoms with E-state index in [-0.39, 0.29) is 5.75 Å². The summed E-state index contributed by atoms with van der Waals surface area (Å²) >= 11 is 7.17. The number of halogens is 1. The zero-order chi connectivity index (χ0) is 19.6. The van der Waals surface area contributed by atoms with Crippen LogP contribution in [-0.2, 0) is 14.3 Å². The minimum atomic E-state index is -0.894. The van der Waals surface area contributed by atoms with Gasteiger partial charge in [0.2, 0.25) is 0 Å². The van der Waals surface area contributed by atoms with E-state index in [2.05, 4.69) is 5.32 Å². The highest BCUT2D eigenvalue weighted by atomic mass is 35.5. The number of nitriles is 1. The molecule has 0 aliphatic rings. The predicted octanol–water partition coefficient (Wildman–Crippen LogP) is 3.90. The number of esters is 1. The van der Waals surface area contributed by atoms with E-state index in [1.165, 1.54) is 18.7 Å². The maximum atomic E-state index is 12.0. The molecule has 0 spiro atoms. The van der Waals surface area contributed by atoms with Crippen LogP contribution >= 0.6 is 23.4 Å². The van der Waals surface area contributed by atoms with E-state index in [1.54, 1.807) is 42.5 Å². The van der Waals surface area contributed by atoms with Crippen LogP contribution in [0.25, 0.3) is 0 Å². The van der Waals surface area contributed by atoms with Crippen molar-refractivity contribution in [1.29, 1.82) is 5.26 Å². The van der Waals surface area contributed by atoms with Gasteiger partial charge in [0.1, 0.15) is 5.75 Å². The molecule has 140 valence electrons. The molecule has 8 heteroatoms. The highest BCUT2D eigenvalue weighted by Gasteiger charge is 2.18. The standard InChI is InChI=1S/C19H17ClN2O4S/c1-13(26-15-6-4-5-14(20)11-15)19(24)25-12-18(23)22-16-7-2-3-8-17(16)27-10-9-21/h2-8,11,13H,10,12H2,1H3,(H,22,23). The summed E-state index contributed by atoms with van der Waals surface area (Å²) in [4.78, 5) is 24.8. The van der Waals surface area contributed by atoms with Gasteiger partial charge in [0.05, 0.1) is 17.5 Å². The second-order valence-electron chi connectivity index (χ2n) is 5.32. The number of nitrogens with zero attached hydrogens (tertiary/aromatic N) is 1. The lowest BCUT2D eigenvalue weighted by molar-refractivity contribution is -0.153. The van der Waals surface area contributed by atoms with Gasteiger partial charge < -0.3 is 14.8 Å². The van der Waals surface area contributed by atoms with E-state index in [4.69, 9.17) is 26.3 Å². The van der Waals surface area contributed by atoms with Crippen molar-refractivity contribution < 1.29 is 19.1 Å². The highest BCUT2D eigenvalue weighted by Crippen LogP contribution is 2.26. The van der Waals surface area contributed by atoms with Crippen LogP contribution in [0.3, 0.4) is 0 Å². The molecule has 0 aliphatic heterocycles. The fourth-order valence-corrected chi connectivity index (χ4v) is 2.89. The number of benzene rings is 2. The van der Waals surface area contributed by atoms with Crippen molar-refractivity contribution in [2.75, 3.05) is 17.7 Å². The molecule has 1 atom stereocenters. The first-order valence-electron chi connectivity index (χ1n) is 7.97. The summed E-state index contributed by atoms with van der Waals surface area (Å²) in [7, 11) is 0. The third-order valence-electron chi connectivity index (χ3n) is 3.24. The third kappa shape index (κ3) is 6.85. The van der Waals surface area contributed by atoms with Crippen LogP contribution in [-0.4, -0.2) is 30.3 Å². The van der Waals surface area contributed by atoms with Crippen molar-refractivity contribution in [3.05, 3.63) is 53.6 Å². The Kier molecular flexibility index (Phi) is 7.99. The number of para-hydroxylation sites is 1. The maximum absolute atomic E-state index is 12.0. The van der Waals surface area contributed by atoms with Crippen molar-refractivity contribution in [1.82, 2.24) is 0 Å². The number of nitrogens with one attached hydrogen (secondary N) is 1. The summed E-state index contributed by atoms with van der Waals surface area (Å²) in [6.07, 6.45) is -0.894. The molecule has 0 fully saturated rings. The number of hydrogen-bond donors (Lipinski definition) is 1. The first-order chi connectivity index (χ1) is 13.0. The molecule has 6 nitrogen and oxygen atoms in total. The molecule has 2 aromatic rings. The lowest BCUT2D eigenvalue weighted by atomic mass is 10.3. The van der Waals surface area contributed by atoms with Gasteiger partial charge in [-0.1, -0.05) is 29.8 Å². The maximum Gasteiger partial charge on any atom is 0.347 e. The van der Waals surface area contributed by atoms with Gasteiger partial charge in [-0.3, -0.25) is 4.79 Å². The van der Waals surface area contributed by atoms with Gasteiger partial charge in [-0.15, -0.1) is 11.8 Å². The molecule has 1 unspecified atom stereocenters. The predicted molar refractivity (Wildman–Crippen MR) is 104 cm³/mol. The van der Waals surface area contributed by atoms with Crippen LogP contribution in [0.4, 0.5) is 5.69 Å². The number of ether oxygens (including phenoxy) is 2. The minimum Gasteiger partial charge on any atom is -0.479 e. The molecule has 0 radical (unpaired) electrons. The molecule has 0 aromatic heterocycles.